The van der Waals surface area contributed by atoms with Gasteiger partial charge in [0.25, 0.3) is 0 Å². The molecule has 0 unspecified atom stereocenters. The van der Waals surface area contributed by atoms with E-state index in [2.05, 4.69) is 0 Å². The molecule has 0 atom stereocenters. The van der Waals surface area contributed by atoms with Crippen molar-refractivity contribution in [3.63, 3.8) is 0 Å². The summed E-state index contributed by atoms with van der Waals surface area (Å²) in [7, 11) is 4.65. The van der Waals surface area contributed by atoms with E-state index in [1.54, 1.807) is 39.5 Å². The average molecular weight is 453 g/mol. The minimum atomic E-state index is -0.216. The van der Waals surface area contributed by atoms with Crippen LogP contribution in [0.15, 0.2) is 72.5 Å². The zero-order valence-electron chi connectivity index (χ0n) is 19.1. The summed E-state index contributed by atoms with van der Waals surface area (Å²) in [6.07, 6.45) is 1.69. The van der Waals surface area contributed by atoms with Crippen molar-refractivity contribution in [3.05, 3.63) is 89.3 Å². The Morgan fingerprint density at radius 3 is 2.21 bits per heavy atom. The van der Waals surface area contributed by atoms with Crippen LogP contribution in [0.3, 0.4) is 0 Å². The van der Waals surface area contributed by atoms with Crippen molar-refractivity contribution >= 4 is 22.8 Å². The molecule has 0 amide bonds. The Hall–Kier alpha value is -4.32. The Bertz CT molecular complexity index is 1400. The van der Waals surface area contributed by atoms with Crippen molar-refractivity contribution in [2.24, 2.45) is 0 Å². The van der Waals surface area contributed by atoms with E-state index in [-0.39, 0.29) is 18.1 Å². The second kappa shape index (κ2) is 8.90. The highest BCUT2D eigenvalue weighted by atomic mass is 16.5. The number of ether oxygens (including phenoxy) is 4. The van der Waals surface area contributed by atoms with Crippen LogP contribution in [0, 0.1) is 0 Å². The van der Waals surface area contributed by atoms with Crippen molar-refractivity contribution in [2.75, 3.05) is 21.3 Å². The lowest BCUT2D eigenvalue weighted by atomic mass is 9.90. The lowest BCUT2D eigenvalue weighted by Gasteiger charge is -2.23. The van der Waals surface area contributed by atoms with Crippen molar-refractivity contribution in [3.8, 4) is 28.4 Å². The molecule has 6 nitrogen and oxygen atoms in total. The van der Waals surface area contributed by atoms with Gasteiger partial charge in [-0.05, 0) is 35.4 Å². The third-order valence-electron chi connectivity index (χ3n) is 5.83. The van der Waals surface area contributed by atoms with Crippen LogP contribution in [0.25, 0.3) is 28.1 Å². The number of ketones is 1. The number of allylic oxidation sites excluding steroid dienone is 1. The van der Waals surface area contributed by atoms with E-state index in [0.29, 0.717) is 34.1 Å². The fourth-order valence-electron chi connectivity index (χ4n) is 4.29. The van der Waals surface area contributed by atoms with Crippen LogP contribution >= 0.6 is 0 Å². The smallest absolute Gasteiger partial charge is 0.230 e. The quantitative estimate of drug-likeness (QED) is 0.362. The first-order valence-corrected chi connectivity index (χ1v) is 10.8. The van der Waals surface area contributed by atoms with Crippen molar-refractivity contribution in [2.45, 2.75) is 6.61 Å². The second-order valence-electron chi connectivity index (χ2n) is 7.78. The molecule has 3 aromatic carbocycles. The molecule has 0 saturated carbocycles. The van der Waals surface area contributed by atoms with Crippen LogP contribution < -0.4 is 14.2 Å². The minimum absolute atomic E-state index is 0.196. The molecule has 170 valence electrons. The van der Waals surface area contributed by atoms with Crippen LogP contribution in [0.4, 0.5) is 0 Å². The Kier molecular flexibility index (Phi) is 5.64. The molecule has 0 bridgehead atoms. The van der Waals surface area contributed by atoms with Gasteiger partial charge in [-0.25, -0.2) is 4.98 Å². The van der Waals surface area contributed by atoms with Crippen molar-refractivity contribution in [1.29, 1.82) is 0 Å². The maximum absolute atomic E-state index is 13.8. The topological polar surface area (TPSA) is 66.9 Å². The predicted molar refractivity (Wildman–Crippen MR) is 130 cm³/mol. The molecule has 4 aromatic rings. The highest BCUT2D eigenvalue weighted by Gasteiger charge is 2.30. The SMILES string of the molecule is COc1cc(/C=C2/OCc3nc4ccccc4c(-c4ccccc4)c3C2=O)cc(OC)c1OC. The predicted octanol–water partition coefficient (Wildman–Crippen LogP) is 5.68. The molecule has 0 fully saturated rings. The summed E-state index contributed by atoms with van der Waals surface area (Å²) >= 11 is 0. The molecule has 0 spiro atoms. The molecule has 1 aliphatic heterocycles. The largest absolute Gasteiger partial charge is 0.493 e. The van der Waals surface area contributed by atoms with Gasteiger partial charge in [0, 0.05) is 10.9 Å². The van der Waals surface area contributed by atoms with Gasteiger partial charge in [0.05, 0.1) is 38.1 Å². The van der Waals surface area contributed by atoms with E-state index in [9.17, 15) is 4.79 Å². The maximum atomic E-state index is 13.8. The Morgan fingerprint density at radius 1 is 0.853 bits per heavy atom. The van der Waals surface area contributed by atoms with Crippen LogP contribution in [0.2, 0.25) is 0 Å². The van der Waals surface area contributed by atoms with Gasteiger partial charge >= 0.3 is 0 Å². The fraction of sp³-hybridized carbons (Fsp3) is 0.143. The van der Waals surface area contributed by atoms with Gasteiger partial charge in [0.1, 0.15) is 6.61 Å². The summed E-state index contributed by atoms with van der Waals surface area (Å²) < 4.78 is 22.2. The lowest BCUT2D eigenvalue weighted by molar-refractivity contribution is 0.0867. The summed E-state index contributed by atoms with van der Waals surface area (Å²) in [6.45, 7) is 0.196. The number of methoxy groups -OCH3 is 3. The molecular formula is C28H23NO5. The van der Waals surface area contributed by atoms with E-state index in [1.165, 1.54) is 0 Å². The van der Waals surface area contributed by atoms with Gasteiger partial charge in [0.2, 0.25) is 11.5 Å². The summed E-state index contributed by atoms with van der Waals surface area (Å²) in [4.78, 5) is 18.5. The number of hydrogen-bond acceptors (Lipinski definition) is 6. The van der Waals surface area contributed by atoms with Crippen LogP contribution in [0.5, 0.6) is 17.2 Å². The van der Waals surface area contributed by atoms with E-state index in [0.717, 1.165) is 22.0 Å². The zero-order chi connectivity index (χ0) is 23.7. The number of para-hydroxylation sites is 1. The number of nitrogens with zero attached hydrogens (tertiary/aromatic N) is 1. The van der Waals surface area contributed by atoms with Crippen molar-refractivity contribution < 1.29 is 23.7 Å². The second-order valence-corrected chi connectivity index (χ2v) is 7.78. The molecule has 5 rings (SSSR count). The third-order valence-corrected chi connectivity index (χ3v) is 5.83. The molecule has 0 radical (unpaired) electrons. The Balaban J connectivity index is 1.68. The molecular weight excluding hydrogens is 430 g/mol. The van der Waals surface area contributed by atoms with Crippen LogP contribution in [-0.2, 0) is 11.3 Å². The number of Topliss-reactive ketones (excluding diaryl/α,β-unsaturated/α-hetero) is 1. The summed E-state index contributed by atoms with van der Waals surface area (Å²) in [5, 5.41) is 0.926. The summed E-state index contributed by atoms with van der Waals surface area (Å²) in [5.74, 6) is 1.49. The number of hydrogen-bond donors (Lipinski definition) is 0. The number of carbonyl (C=O) groups is 1. The first-order valence-electron chi connectivity index (χ1n) is 10.8. The lowest BCUT2D eigenvalue weighted by Crippen LogP contribution is -2.19. The van der Waals surface area contributed by atoms with E-state index in [4.69, 9.17) is 23.9 Å². The Morgan fingerprint density at radius 2 is 1.53 bits per heavy atom. The van der Waals surface area contributed by atoms with Gasteiger partial charge in [-0.3, -0.25) is 4.79 Å². The van der Waals surface area contributed by atoms with Gasteiger partial charge in [-0.15, -0.1) is 0 Å². The summed E-state index contributed by atoms with van der Waals surface area (Å²) in [5.41, 5.74) is 4.54. The normalized spacial score (nSPS) is 14.0. The summed E-state index contributed by atoms with van der Waals surface area (Å²) in [6, 6.07) is 21.3. The molecule has 1 aromatic heterocycles. The van der Waals surface area contributed by atoms with Gasteiger partial charge in [0.15, 0.2) is 17.3 Å². The first kappa shape index (κ1) is 21.5. The standard InChI is InChI=1S/C28H23NO5/c1-31-23-14-17(15-24(32-2)28(23)33-3)13-22-27(30)26-21(16-34-22)29-20-12-8-7-11-19(20)25(26)18-9-5-4-6-10-18/h4-15H,16H2,1-3H3/b22-13+. The third kappa shape index (κ3) is 3.63. The number of aromatic nitrogens is 1. The molecule has 6 heteroatoms. The molecule has 1 aliphatic rings. The van der Waals surface area contributed by atoms with E-state index >= 15 is 0 Å². The molecule has 34 heavy (non-hydrogen) atoms. The van der Waals surface area contributed by atoms with Gasteiger partial charge < -0.3 is 18.9 Å². The minimum Gasteiger partial charge on any atom is -0.493 e. The molecule has 0 aliphatic carbocycles. The fourth-order valence-corrected chi connectivity index (χ4v) is 4.29. The van der Waals surface area contributed by atoms with Crippen LogP contribution in [-0.4, -0.2) is 32.1 Å². The van der Waals surface area contributed by atoms with Gasteiger partial charge in [-0.1, -0.05) is 48.5 Å². The maximum Gasteiger partial charge on any atom is 0.230 e. The number of benzene rings is 3. The van der Waals surface area contributed by atoms with Gasteiger partial charge in [-0.2, -0.15) is 0 Å². The number of fused-ring (bicyclic) bond motifs is 2. The average Bonchev–Trinajstić information content (AvgIpc) is 2.89. The zero-order valence-corrected chi connectivity index (χ0v) is 19.1. The Labute approximate surface area is 197 Å². The molecule has 0 saturated heterocycles. The monoisotopic (exact) mass is 453 g/mol. The van der Waals surface area contributed by atoms with Crippen LogP contribution in [0.1, 0.15) is 21.6 Å². The number of carbonyl (C=O) groups excluding carboxylic acids is 1. The molecule has 0 N–H and O–H groups in total. The highest BCUT2D eigenvalue weighted by Crippen LogP contribution is 2.40. The molecule has 2 heterocycles. The van der Waals surface area contributed by atoms with E-state index in [1.807, 2.05) is 54.6 Å². The first-order chi connectivity index (χ1) is 16.6. The highest BCUT2D eigenvalue weighted by molar-refractivity contribution is 6.18. The number of pyridine rings is 1. The van der Waals surface area contributed by atoms with E-state index < -0.39 is 0 Å². The number of rotatable bonds is 5. The van der Waals surface area contributed by atoms with Crippen molar-refractivity contribution in [1.82, 2.24) is 4.98 Å².